The first kappa shape index (κ1) is 36.0. The molecule has 13 aromatic rings. The Balaban J connectivity index is 1.10. The molecule has 0 spiro atoms. The lowest BCUT2D eigenvalue weighted by Crippen LogP contribution is -2.07. The molecule has 0 aliphatic rings. The monoisotopic (exact) mass is 815 g/mol. The van der Waals surface area contributed by atoms with Crippen LogP contribution in [0.25, 0.3) is 122 Å². The molecule has 0 atom stereocenters. The van der Waals surface area contributed by atoms with Gasteiger partial charge in [-0.15, -0.1) is 0 Å². The van der Waals surface area contributed by atoms with E-state index >= 15 is 0 Å². The molecule has 13 rings (SSSR count). The number of hydrogen-bond acceptors (Lipinski definition) is 3. The summed E-state index contributed by atoms with van der Waals surface area (Å²) < 4.78 is 4.68. The van der Waals surface area contributed by atoms with Gasteiger partial charge in [0.2, 0.25) is 5.95 Å². The maximum absolute atomic E-state index is 5.42. The predicted octanol–water partition coefficient (Wildman–Crippen LogP) is 15.0. The summed E-state index contributed by atoms with van der Waals surface area (Å²) in [7, 11) is 0. The summed E-state index contributed by atoms with van der Waals surface area (Å²) in [6.07, 6.45) is 0. The quantitative estimate of drug-likeness (QED) is 0.168. The van der Waals surface area contributed by atoms with Crippen molar-refractivity contribution in [1.29, 1.82) is 0 Å². The van der Waals surface area contributed by atoms with E-state index in [1.54, 1.807) is 0 Å². The molecule has 0 amide bonds. The minimum absolute atomic E-state index is 0.553. The molecule has 0 saturated carbocycles. The van der Waals surface area contributed by atoms with Gasteiger partial charge < -0.3 is 4.57 Å². The van der Waals surface area contributed by atoms with Crippen molar-refractivity contribution in [2.75, 3.05) is 0 Å². The molecular formula is C59H37N5. The van der Waals surface area contributed by atoms with Crippen LogP contribution in [0, 0.1) is 0 Å². The van der Waals surface area contributed by atoms with E-state index in [1.807, 2.05) is 12.1 Å². The van der Waals surface area contributed by atoms with Crippen LogP contribution < -0.4 is 0 Å². The summed E-state index contributed by atoms with van der Waals surface area (Å²) >= 11 is 0. The Bertz CT molecular complexity index is 3940. The van der Waals surface area contributed by atoms with Crippen LogP contribution in [0.3, 0.4) is 0 Å². The highest BCUT2D eigenvalue weighted by Crippen LogP contribution is 2.40. The number of hydrogen-bond donors (Lipinski definition) is 0. The van der Waals surface area contributed by atoms with Gasteiger partial charge in [0, 0.05) is 43.7 Å². The van der Waals surface area contributed by atoms with Crippen LogP contribution in [0.5, 0.6) is 0 Å². The first-order valence-corrected chi connectivity index (χ1v) is 21.7. The highest BCUT2D eigenvalue weighted by Gasteiger charge is 2.21. The molecule has 0 N–H and O–H groups in total. The van der Waals surface area contributed by atoms with Crippen LogP contribution in [0.2, 0.25) is 0 Å². The van der Waals surface area contributed by atoms with Crippen molar-refractivity contribution in [2.24, 2.45) is 0 Å². The van der Waals surface area contributed by atoms with Gasteiger partial charge >= 0.3 is 0 Å². The number of benzene rings is 10. The number of aromatic nitrogens is 5. The van der Waals surface area contributed by atoms with E-state index in [-0.39, 0.29) is 0 Å². The first-order valence-electron chi connectivity index (χ1n) is 21.7. The molecule has 0 fully saturated rings. The van der Waals surface area contributed by atoms with E-state index in [4.69, 9.17) is 15.0 Å². The Hall–Kier alpha value is -8.67. The van der Waals surface area contributed by atoms with Crippen molar-refractivity contribution in [1.82, 2.24) is 24.1 Å². The van der Waals surface area contributed by atoms with E-state index in [0.717, 1.165) is 71.8 Å². The second-order valence-electron chi connectivity index (χ2n) is 16.5. The van der Waals surface area contributed by atoms with Gasteiger partial charge in [0.15, 0.2) is 11.6 Å². The molecule has 0 bridgehead atoms. The van der Waals surface area contributed by atoms with E-state index < -0.39 is 0 Å². The zero-order valence-electron chi connectivity index (χ0n) is 34.6. The highest BCUT2D eigenvalue weighted by molar-refractivity contribution is 6.19. The molecule has 0 aliphatic carbocycles. The Labute approximate surface area is 368 Å². The Morgan fingerprint density at radius 2 is 0.812 bits per heavy atom. The maximum atomic E-state index is 5.42. The predicted molar refractivity (Wildman–Crippen MR) is 265 cm³/mol. The number of para-hydroxylation sites is 1. The van der Waals surface area contributed by atoms with Crippen LogP contribution in [-0.2, 0) is 0 Å². The molecule has 298 valence electrons. The van der Waals surface area contributed by atoms with Gasteiger partial charge in [0.1, 0.15) is 0 Å². The molecule has 0 unspecified atom stereocenters. The van der Waals surface area contributed by atoms with Gasteiger partial charge in [-0.25, -0.2) is 4.98 Å². The van der Waals surface area contributed by atoms with Crippen molar-refractivity contribution in [3.8, 4) is 56.7 Å². The molecular weight excluding hydrogens is 779 g/mol. The second kappa shape index (κ2) is 14.5. The summed E-state index contributed by atoms with van der Waals surface area (Å²) in [4.78, 5) is 16.1. The minimum atomic E-state index is 0.553. The van der Waals surface area contributed by atoms with E-state index in [2.05, 4.69) is 221 Å². The fraction of sp³-hybridized carbons (Fsp3) is 0. The average molecular weight is 816 g/mol. The molecule has 0 radical (unpaired) electrons. The summed E-state index contributed by atoms with van der Waals surface area (Å²) in [6, 6.07) is 79.9. The smallest absolute Gasteiger partial charge is 0.238 e. The first-order chi connectivity index (χ1) is 31.7. The van der Waals surface area contributed by atoms with E-state index in [9.17, 15) is 0 Å². The lowest BCUT2D eigenvalue weighted by atomic mass is 10.0. The normalized spacial score (nSPS) is 11.8. The molecule has 5 nitrogen and oxygen atoms in total. The van der Waals surface area contributed by atoms with Gasteiger partial charge in [-0.05, 0) is 74.8 Å². The van der Waals surface area contributed by atoms with Gasteiger partial charge in [0.25, 0.3) is 0 Å². The third kappa shape index (κ3) is 5.83. The summed E-state index contributed by atoms with van der Waals surface area (Å²) in [5.74, 6) is 1.76. The molecule has 0 saturated heterocycles. The van der Waals surface area contributed by atoms with Crippen molar-refractivity contribution < 1.29 is 0 Å². The van der Waals surface area contributed by atoms with Gasteiger partial charge in [-0.3, -0.25) is 4.57 Å². The fourth-order valence-electron chi connectivity index (χ4n) is 9.68. The van der Waals surface area contributed by atoms with Crippen LogP contribution in [0.15, 0.2) is 224 Å². The number of fused-ring (bicyclic) bond motifs is 9. The zero-order valence-corrected chi connectivity index (χ0v) is 34.6. The van der Waals surface area contributed by atoms with Crippen molar-refractivity contribution in [3.05, 3.63) is 224 Å². The van der Waals surface area contributed by atoms with Crippen molar-refractivity contribution in [2.45, 2.75) is 0 Å². The highest BCUT2D eigenvalue weighted by atomic mass is 15.2. The molecule has 0 aliphatic heterocycles. The van der Waals surface area contributed by atoms with Gasteiger partial charge in [0.05, 0.1) is 22.1 Å². The molecule has 64 heavy (non-hydrogen) atoms. The SMILES string of the molecule is c1ccc(-c2ccc(-c3nc(-c4cccc(-c5ccccc5)c4)nc(-n4c5cc(-n6c7ccccc7c7ccc8ccccc8c76)ccc5c5cc6ccccc6cc54)n3)cc2)cc1. The minimum Gasteiger partial charge on any atom is -0.309 e. The van der Waals surface area contributed by atoms with Gasteiger partial charge in [-0.1, -0.05) is 188 Å². The lowest BCUT2D eigenvalue weighted by Gasteiger charge is -2.13. The standard InChI is InChI=1S/C59H37N5/c1-3-14-38(15-4-1)40-26-28-42(29-27-40)57-60-58(46-22-13-21-43(34-46)39-16-5-2-6-17-39)62-59(61-57)64-54-36-45-20-8-7-19-44(45)35-52(54)50-33-31-47(37-55(50)64)63-53-25-12-11-24-49(53)51-32-30-41-18-9-10-23-48(41)56(51)63/h1-37H. The van der Waals surface area contributed by atoms with E-state index in [0.29, 0.717) is 17.6 Å². The average Bonchev–Trinajstić information content (AvgIpc) is 3.88. The van der Waals surface area contributed by atoms with Crippen molar-refractivity contribution >= 4 is 65.2 Å². The molecule has 10 aromatic carbocycles. The summed E-state index contributed by atoms with van der Waals surface area (Å²) in [6.45, 7) is 0. The molecule has 3 aromatic heterocycles. The lowest BCUT2D eigenvalue weighted by molar-refractivity contribution is 0.953. The Morgan fingerprint density at radius 1 is 0.266 bits per heavy atom. The van der Waals surface area contributed by atoms with Crippen LogP contribution in [0.1, 0.15) is 0 Å². The second-order valence-corrected chi connectivity index (χ2v) is 16.5. The Kier molecular flexibility index (Phi) is 8.15. The third-order valence-corrected chi connectivity index (χ3v) is 12.7. The van der Waals surface area contributed by atoms with Gasteiger partial charge in [-0.2, -0.15) is 9.97 Å². The maximum Gasteiger partial charge on any atom is 0.238 e. The third-order valence-electron chi connectivity index (χ3n) is 12.7. The van der Waals surface area contributed by atoms with Crippen LogP contribution in [-0.4, -0.2) is 24.1 Å². The van der Waals surface area contributed by atoms with Crippen LogP contribution in [0.4, 0.5) is 0 Å². The number of rotatable bonds is 6. The van der Waals surface area contributed by atoms with Crippen LogP contribution >= 0.6 is 0 Å². The van der Waals surface area contributed by atoms with Crippen molar-refractivity contribution in [3.63, 3.8) is 0 Å². The molecule has 3 heterocycles. The fourth-order valence-corrected chi connectivity index (χ4v) is 9.68. The Morgan fingerprint density at radius 3 is 1.59 bits per heavy atom. The zero-order chi connectivity index (χ0) is 42.1. The summed E-state index contributed by atoms with van der Waals surface area (Å²) in [5, 5.41) is 9.45. The topological polar surface area (TPSA) is 48.5 Å². The van der Waals surface area contributed by atoms with E-state index in [1.165, 1.54) is 32.4 Å². The largest absolute Gasteiger partial charge is 0.309 e. The summed E-state index contributed by atoms with van der Waals surface area (Å²) in [5.41, 5.74) is 11.8. The number of nitrogens with zero attached hydrogens (tertiary/aromatic N) is 5. The molecule has 5 heteroatoms.